The molecule has 4 unspecified atom stereocenters. The van der Waals surface area contributed by atoms with E-state index in [4.69, 9.17) is 4.74 Å². The zero-order chi connectivity index (χ0) is 20.6. The van der Waals surface area contributed by atoms with Gasteiger partial charge in [-0.25, -0.2) is 0 Å². The number of ether oxygens (including phenoxy) is 1. The fraction of sp³-hybridized carbons (Fsp3) is 0.739. The van der Waals surface area contributed by atoms with Crippen molar-refractivity contribution in [2.24, 2.45) is 23.2 Å². The third-order valence-electron chi connectivity index (χ3n) is 5.43. The molecule has 0 radical (unpaired) electrons. The summed E-state index contributed by atoms with van der Waals surface area (Å²) in [5.74, 6) is 0.309. The van der Waals surface area contributed by atoms with Crippen LogP contribution in [0.3, 0.4) is 0 Å². The van der Waals surface area contributed by atoms with E-state index < -0.39 is 0 Å². The molecule has 0 fully saturated rings. The monoisotopic (exact) mass is 377 g/mol. The lowest BCUT2D eigenvalue weighted by Crippen LogP contribution is -2.35. The second-order valence-electron chi connectivity index (χ2n) is 9.31. The molecule has 0 aliphatic carbocycles. The Labute approximate surface area is 166 Å². The Morgan fingerprint density at radius 1 is 1.00 bits per heavy atom. The Hall–Kier alpha value is -1.58. The summed E-state index contributed by atoms with van der Waals surface area (Å²) in [5, 5.41) is 0. The van der Waals surface area contributed by atoms with Gasteiger partial charge in [-0.1, -0.05) is 53.7 Å². The van der Waals surface area contributed by atoms with Crippen LogP contribution in [0.25, 0.3) is 0 Å². The zero-order valence-corrected chi connectivity index (χ0v) is 18.3. The van der Waals surface area contributed by atoms with Crippen LogP contribution in [-0.2, 0) is 14.3 Å². The standard InChI is InChI=1S/C23H39NO3/c1-17-13-14-18(2)21(25)24(7)15-11-9-8-10-12-19(3)22(26)27-20(16-17)23(4,5)6/h8-9,11,15,17-20H,10,12-14,16H2,1-7H3/b9-8-,15-11-. The van der Waals surface area contributed by atoms with Gasteiger partial charge in [0.1, 0.15) is 6.10 Å². The first kappa shape index (κ1) is 23.5. The van der Waals surface area contributed by atoms with E-state index >= 15 is 0 Å². The number of carbonyl (C=O) groups is 2. The molecule has 0 spiro atoms. The number of rotatable bonds is 0. The normalized spacial score (nSPS) is 32.5. The van der Waals surface area contributed by atoms with Gasteiger partial charge in [0.05, 0.1) is 5.92 Å². The first-order chi connectivity index (χ1) is 12.5. The predicted molar refractivity (Wildman–Crippen MR) is 111 cm³/mol. The summed E-state index contributed by atoms with van der Waals surface area (Å²) in [6.45, 7) is 12.5. The Kier molecular flexibility index (Phi) is 9.28. The van der Waals surface area contributed by atoms with E-state index in [1.165, 1.54) is 0 Å². The number of cyclic esters (lactones) is 1. The molecular weight excluding hydrogens is 338 g/mol. The van der Waals surface area contributed by atoms with Crippen molar-refractivity contribution in [3.63, 3.8) is 0 Å². The number of nitrogens with zero attached hydrogens (tertiary/aromatic N) is 1. The molecule has 0 saturated heterocycles. The van der Waals surface area contributed by atoms with E-state index in [2.05, 4.69) is 27.7 Å². The average molecular weight is 378 g/mol. The van der Waals surface area contributed by atoms with Gasteiger partial charge in [0.15, 0.2) is 0 Å². The smallest absolute Gasteiger partial charge is 0.308 e. The summed E-state index contributed by atoms with van der Waals surface area (Å²) in [7, 11) is 1.81. The van der Waals surface area contributed by atoms with Crippen LogP contribution in [-0.4, -0.2) is 29.9 Å². The molecular formula is C23H39NO3. The predicted octanol–water partition coefficient (Wildman–Crippen LogP) is 5.35. The van der Waals surface area contributed by atoms with Crippen LogP contribution in [0.1, 0.15) is 73.6 Å². The molecule has 1 aliphatic heterocycles. The maximum absolute atomic E-state index is 12.6. The lowest BCUT2D eigenvalue weighted by atomic mass is 9.82. The van der Waals surface area contributed by atoms with E-state index in [1.807, 2.05) is 45.3 Å². The maximum Gasteiger partial charge on any atom is 0.308 e. The van der Waals surface area contributed by atoms with Gasteiger partial charge >= 0.3 is 5.97 Å². The molecule has 1 aliphatic rings. The number of esters is 1. The van der Waals surface area contributed by atoms with Gasteiger partial charge in [0, 0.05) is 19.2 Å². The molecule has 4 nitrogen and oxygen atoms in total. The molecule has 0 N–H and O–H groups in total. The molecule has 4 atom stereocenters. The highest BCUT2D eigenvalue weighted by atomic mass is 16.5. The van der Waals surface area contributed by atoms with E-state index in [9.17, 15) is 9.59 Å². The number of hydrogen-bond donors (Lipinski definition) is 0. The van der Waals surface area contributed by atoms with Crippen LogP contribution in [0, 0.1) is 23.2 Å². The van der Waals surface area contributed by atoms with Crippen molar-refractivity contribution in [3.8, 4) is 0 Å². The second kappa shape index (κ2) is 10.7. The van der Waals surface area contributed by atoms with Crippen molar-refractivity contribution in [2.75, 3.05) is 7.05 Å². The second-order valence-corrected chi connectivity index (χ2v) is 9.31. The summed E-state index contributed by atoms with van der Waals surface area (Å²) < 4.78 is 5.94. The fourth-order valence-corrected chi connectivity index (χ4v) is 3.21. The third-order valence-corrected chi connectivity index (χ3v) is 5.43. The number of carbonyl (C=O) groups excluding carboxylic acids is 2. The number of amides is 1. The van der Waals surface area contributed by atoms with Gasteiger partial charge in [-0.2, -0.15) is 0 Å². The first-order valence-corrected chi connectivity index (χ1v) is 10.3. The summed E-state index contributed by atoms with van der Waals surface area (Å²) >= 11 is 0. The highest BCUT2D eigenvalue weighted by Gasteiger charge is 2.31. The fourth-order valence-electron chi connectivity index (χ4n) is 3.21. The SMILES string of the molecule is CC1CCC(C)C(=O)N(C)/C=C\C=C/CCC(C)C(=O)OC(C(C)(C)C)C1. The van der Waals surface area contributed by atoms with Gasteiger partial charge in [-0.05, 0) is 49.5 Å². The molecule has 154 valence electrons. The number of allylic oxidation sites excluding steroid dienone is 3. The van der Waals surface area contributed by atoms with Gasteiger partial charge < -0.3 is 9.64 Å². The summed E-state index contributed by atoms with van der Waals surface area (Å²) in [6, 6.07) is 0. The molecule has 0 bridgehead atoms. The van der Waals surface area contributed by atoms with Crippen molar-refractivity contribution in [1.82, 2.24) is 4.90 Å². The lowest BCUT2D eigenvalue weighted by molar-refractivity contribution is -0.160. The van der Waals surface area contributed by atoms with Crippen molar-refractivity contribution >= 4 is 11.9 Å². The molecule has 0 aromatic carbocycles. The Morgan fingerprint density at radius 3 is 2.30 bits per heavy atom. The highest BCUT2D eigenvalue weighted by Crippen LogP contribution is 2.31. The van der Waals surface area contributed by atoms with Gasteiger partial charge in [0.2, 0.25) is 5.91 Å². The van der Waals surface area contributed by atoms with Crippen LogP contribution in [0.4, 0.5) is 0 Å². The first-order valence-electron chi connectivity index (χ1n) is 10.3. The lowest BCUT2D eigenvalue weighted by Gasteiger charge is -2.33. The van der Waals surface area contributed by atoms with E-state index in [0.29, 0.717) is 5.92 Å². The number of hydrogen-bond acceptors (Lipinski definition) is 3. The Morgan fingerprint density at radius 2 is 1.67 bits per heavy atom. The van der Waals surface area contributed by atoms with E-state index in [1.54, 1.807) is 4.90 Å². The van der Waals surface area contributed by atoms with Gasteiger partial charge in [0.25, 0.3) is 0 Å². The summed E-state index contributed by atoms with van der Waals surface area (Å²) in [6.07, 6.45) is 11.7. The molecule has 1 heterocycles. The minimum Gasteiger partial charge on any atom is -0.462 e. The molecule has 0 aromatic heterocycles. The van der Waals surface area contributed by atoms with Crippen LogP contribution >= 0.6 is 0 Å². The molecule has 1 amide bonds. The van der Waals surface area contributed by atoms with E-state index in [0.717, 1.165) is 32.1 Å². The minimum absolute atomic E-state index is 0.0163. The van der Waals surface area contributed by atoms with Crippen molar-refractivity contribution in [2.45, 2.75) is 79.8 Å². The largest absolute Gasteiger partial charge is 0.462 e. The molecule has 0 aromatic rings. The third kappa shape index (κ3) is 8.32. The van der Waals surface area contributed by atoms with Crippen LogP contribution in [0.2, 0.25) is 0 Å². The highest BCUT2D eigenvalue weighted by molar-refractivity contribution is 5.79. The van der Waals surface area contributed by atoms with Crippen LogP contribution < -0.4 is 0 Å². The maximum atomic E-state index is 12.6. The minimum atomic E-state index is -0.112. The summed E-state index contributed by atoms with van der Waals surface area (Å²) in [4.78, 5) is 26.7. The topological polar surface area (TPSA) is 46.6 Å². The molecule has 0 saturated carbocycles. The van der Waals surface area contributed by atoms with Crippen LogP contribution in [0.15, 0.2) is 24.4 Å². The van der Waals surface area contributed by atoms with Gasteiger partial charge in [-0.15, -0.1) is 0 Å². The van der Waals surface area contributed by atoms with Crippen molar-refractivity contribution in [3.05, 3.63) is 24.4 Å². The summed E-state index contributed by atoms with van der Waals surface area (Å²) in [5.41, 5.74) is -0.0992. The van der Waals surface area contributed by atoms with E-state index in [-0.39, 0.29) is 35.2 Å². The van der Waals surface area contributed by atoms with Crippen molar-refractivity contribution < 1.29 is 14.3 Å². The van der Waals surface area contributed by atoms with Crippen LogP contribution in [0.5, 0.6) is 0 Å². The molecule has 4 heteroatoms. The molecule has 1 rings (SSSR count). The van der Waals surface area contributed by atoms with Crippen molar-refractivity contribution in [1.29, 1.82) is 0 Å². The van der Waals surface area contributed by atoms with Gasteiger partial charge in [-0.3, -0.25) is 9.59 Å². The molecule has 27 heavy (non-hydrogen) atoms. The quantitative estimate of drug-likeness (QED) is 0.535. The zero-order valence-electron chi connectivity index (χ0n) is 18.3. The Bertz CT molecular complexity index is 544. The average Bonchev–Trinajstić information content (AvgIpc) is 2.59. The Balaban J connectivity index is 2.94.